The molecule has 2 aliphatic rings. The molecule has 94 valence electrons. The van der Waals surface area contributed by atoms with E-state index < -0.39 is 0 Å². The Kier molecular flexibility index (Phi) is 3.97. The molecule has 1 aliphatic heterocycles. The fourth-order valence-electron chi connectivity index (χ4n) is 2.96. The number of hydrogen-bond acceptors (Lipinski definition) is 2. The summed E-state index contributed by atoms with van der Waals surface area (Å²) in [5.41, 5.74) is 1.60. The third kappa shape index (κ3) is 2.59. The highest BCUT2D eigenvalue weighted by molar-refractivity contribution is 6.19. The molecule has 1 aliphatic carbocycles. The predicted molar refractivity (Wildman–Crippen MR) is 66.3 cm³/mol. The molecular formula is C14H21NO2. The third-order valence-corrected chi connectivity index (χ3v) is 3.86. The molecule has 0 aromatic carbocycles. The highest BCUT2D eigenvalue weighted by Gasteiger charge is 2.36. The average molecular weight is 235 g/mol. The average Bonchev–Trinajstić information content (AvgIpc) is 2.62. The van der Waals surface area contributed by atoms with Gasteiger partial charge < -0.3 is 0 Å². The Balaban J connectivity index is 1.98. The minimum atomic E-state index is -0.136. The van der Waals surface area contributed by atoms with Gasteiger partial charge >= 0.3 is 0 Å². The van der Waals surface area contributed by atoms with Gasteiger partial charge in [0.05, 0.1) is 0 Å². The maximum Gasteiger partial charge on any atom is 0.254 e. The van der Waals surface area contributed by atoms with E-state index in [1.54, 1.807) is 0 Å². The lowest BCUT2D eigenvalue weighted by Gasteiger charge is -2.22. The van der Waals surface area contributed by atoms with Crippen molar-refractivity contribution in [2.24, 2.45) is 5.92 Å². The molecule has 0 saturated carbocycles. The topological polar surface area (TPSA) is 46.2 Å². The maximum atomic E-state index is 11.7. The van der Waals surface area contributed by atoms with Crippen molar-refractivity contribution < 1.29 is 9.59 Å². The number of rotatable bonds is 5. The molecule has 0 spiro atoms. The molecule has 0 aromatic rings. The zero-order valence-corrected chi connectivity index (χ0v) is 10.6. The second kappa shape index (κ2) is 5.48. The minimum absolute atomic E-state index is 0.120. The first-order valence-electron chi connectivity index (χ1n) is 6.82. The van der Waals surface area contributed by atoms with Gasteiger partial charge in [0.2, 0.25) is 0 Å². The van der Waals surface area contributed by atoms with E-state index in [2.05, 4.69) is 12.2 Å². The molecule has 0 fully saturated rings. The van der Waals surface area contributed by atoms with Crippen LogP contribution in [0.2, 0.25) is 0 Å². The molecule has 1 atom stereocenters. The summed E-state index contributed by atoms with van der Waals surface area (Å²) >= 11 is 0. The molecule has 3 nitrogen and oxygen atoms in total. The standard InChI is InChI=1S/C14H21NO2/c1-2-3-4-5-7-10-8-6-9-11-12(10)14(17)15-13(11)16/h10H,2-9H2,1H3,(H,15,16,17). The number of hydrogen-bond donors (Lipinski definition) is 1. The van der Waals surface area contributed by atoms with Gasteiger partial charge in [0.1, 0.15) is 0 Å². The Morgan fingerprint density at radius 1 is 1.18 bits per heavy atom. The van der Waals surface area contributed by atoms with Crippen molar-refractivity contribution in [2.45, 2.75) is 58.3 Å². The van der Waals surface area contributed by atoms with E-state index in [1.165, 1.54) is 25.7 Å². The smallest absolute Gasteiger partial charge is 0.254 e. The highest BCUT2D eigenvalue weighted by Crippen LogP contribution is 2.36. The monoisotopic (exact) mass is 235 g/mol. The van der Waals surface area contributed by atoms with Crippen LogP contribution in [0.25, 0.3) is 0 Å². The Hall–Kier alpha value is -1.12. The van der Waals surface area contributed by atoms with E-state index >= 15 is 0 Å². The lowest BCUT2D eigenvalue weighted by molar-refractivity contribution is -0.124. The summed E-state index contributed by atoms with van der Waals surface area (Å²) in [4.78, 5) is 23.3. The van der Waals surface area contributed by atoms with E-state index in [-0.39, 0.29) is 11.8 Å². The van der Waals surface area contributed by atoms with Gasteiger partial charge in [-0.3, -0.25) is 14.9 Å². The molecule has 0 bridgehead atoms. The Morgan fingerprint density at radius 2 is 2.00 bits per heavy atom. The number of nitrogens with one attached hydrogen (secondary N) is 1. The van der Waals surface area contributed by atoms with Gasteiger partial charge in [-0.05, 0) is 31.6 Å². The van der Waals surface area contributed by atoms with E-state index in [4.69, 9.17) is 0 Å². The number of imide groups is 1. The van der Waals surface area contributed by atoms with Crippen molar-refractivity contribution in [1.82, 2.24) is 5.32 Å². The predicted octanol–water partition coefficient (Wildman–Crippen LogP) is 2.71. The first-order chi connectivity index (χ1) is 8.24. The van der Waals surface area contributed by atoms with Crippen LogP contribution in [-0.2, 0) is 9.59 Å². The van der Waals surface area contributed by atoms with Gasteiger partial charge in [0, 0.05) is 11.1 Å². The third-order valence-electron chi connectivity index (χ3n) is 3.86. The number of carbonyl (C=O) groups is 2. The van der Waals surface area contributed by atoms with Gasteiger partial charge in [0.25, 0.3) is 11.8 Å². The quantitative estimate of drug-likeness (QED) is 0.588. The maximum absolute atomic E-state index is 11.7. The largest absolute Gasteiger partial charge is 0.289 e. The van der Waals surface area contributed by atoms with Crippen molar-refractivity contribution in [3.63, 3.8) is 0 Å². The van der Waals surface area contributed by atoms with Crippen molar-refractivity contribution in [3.8, 4) is 0 Å². The molecule has 0 aromatic heterocycles. The highest BCUT2D eigenvalue weighted by atomic mass is 16.2. The van der Waals surface area contributed by atoms with Crippen molar-refractivity contribution >= 4 is 11.8 Å². The fraction of sp³-hybridized carbons (Fsp3) is 0.714. The molecule has 2 amide bonds. The normalized spacial score (nSPS) is 23.9. The molecule has 17 heavy (non-hydrogen) atoms. The van der Waals surface area contributed by atoms with Crippen LogP contribution < -0.4 is 5.32 Å². The van der Waals surface area contributed by atoms with Crippen LogP contribution in [0.15, 0.2) is 11.1 Å². The van der Waals surface area contributed by atoms with E-state index in [9.17, 15) is 9.59 Å². The van der Waals surface area contributed by atoms with Crippen molar-refractivity contribution in [3.05, 3.63) is 11.1 Å². The Bertz CT molecular complexity index is 357. The molecule has 0 radical (unpaired) electrons. The van der Waals surface area contributed by atoms with Crippen LogP contribution in [0.3, 0.4) is 0 Å². The van der Waals surface area contributed by atoms with Crippen LogP contribution >= 0.6 is 0 Å². The molecular weight excluding hydrogens is 214 g/mol. The summed E-state index contributed by atoms with van der Waals surface area (Å²) in [5, 5.41) is 2.44. The fourth-order valence-corrected chi connectivity index (χ4v) is 2.96. The molecule has 1 unspecified atom stereocenters. The number of amides is 2. The zero-order chi connectivity index (χ0) is 12.3. The van der Waals surface area contributed by atoms with Gasteiger partial charge in [-0.1, -0.05) is 32.6 Å². The summed E-state index contributed by atoms with van der Waals surface area (Å²) < 4.78 is 0. The Labute approximate surface area is 103 Å². The Morgan fingerprint density at radius 3 is 2.76 bits per heavy atom. The number of carbonyl (C=O) groups excluding carboxylic acids is 2. The van der Waals surface area contributed by atoms with E-state index in [1.807, 2.05) is 0 Å². The first kappa shape index (κ1) is 12.3. The molecule has 3 heteroatoms. The second-order valence-electron chi connectivity index (χ2n) is 5.11. The minimum Gasteiger partial charge on any atom is -0.289 e. The van der Waals surface area contributed by atoms with Crippen LogP contribution in [0, 0.1) is 5.92 Å². The van der Waals surface area contributed by atoms with E-state index in [0.717, 1.165) is 36.8 Å². The summed E-state index contributed by atoms with van der Waals surface area (Å²) in [6.45, 7) is 2.20. The van der Waals surface area contributed by atoms with Crippen LogP contribution in [0.4, 0.5) is 0 Å². The van der Waals surface area contributed by atoms with Gasteiger partial charge in [-0.15, -0.1) is 0 Å². The molecule has 1 N–H and O–H groups in total. The lowest BCUT2D eigenvalue weighted by Crippen LogP contribution is -2.24. The second-order valence-corrected chi connectivity index (χ2v) is 5.11. The summed E-state index contributed by atoms with van der Waals surface area (Å²) in [6.07, 6.45) is 8.91. The molecule has 1 heterocycles. The molecule has 2 rings (SSSR count). The van der Waals surface area contributed by atoms with Crippen molar-refractivity contribution in [1.29, 1.82) is 0 Å². The summed E-state index contributed by atoms with van der Waals surface area (Å²) in [7, 11) is 0. The first-order valence-corrected chi connectivity index (χ1v) is 6.82. The van der Waals surface area contributed by atoms with E-state index in [0.29, 0.717) is 5.92 Å². The summed E-state index contributed by atoms with van der Waals surface area (Å²) in [6, 6.07) is 0. The van der Waals surface area contributed by atoms with Gasteiger partial charge in [0.15, 0.2) is 0 Å². The lowest BCUT2D eigenvalue weighted by atomic mass is 9.81. The summed E-state index contributed by atoms with van der Waals surface area (Å²) in [5.74, 6) is 0.0792. The van der Waals surface area contributed by atoms with Crippen LogP contribution in [0.1, 0.15) is 58.3 Å². The molecule has 0 saturated heterocycles. The zero-order valence-electron chi connectivity index (χ0n) is 10.6. The van der Waals surface area contributed by atoms with Gasteiger partial charge in [-0.2, -0.15) is 0 Å². The van der Waals surface area contributed by atoms with Gasteiger partial charge in [-0.25, -0.2) is 0 Å². The van der Waals surface area contributed by atoms with Crippen LogP contribution in [-0.4, -0.2) is 11.8 Å². The SMILES string of the molecule is CCCCCCC1CCCC2=C1C(=O)NC2=O. The van der Waals surface area contributed by atoms with Crippen LogP contribution in [0.5, 0.6) is 0 Å². The number of unbranched alkanes of at least 4 members (excludes halogenated alkanes) is 3. The van der Waals surface area contributed by atoms with Crippen molar-refractivity contribution in [2.75, 3.05) is 0 Å².